The minimum absolute atomic E-state index is 0.0574. The van der Waals surface area contributed by atoms with Gasteiger partial charge in [0.05, 0.1) is 18.7 Å². The van der Waals surface area contributed by atoms with Gasteiger partial charge in [0.25, 0.3) is 0 Å². The van der Waals surface area contributed by atoms with Gasteiger partial charge < -0.3 is 21.1 Å². The maximum absolute atomic E-state index is 13.4. The van der Waals surface area contributed by atoms with Crippen molar-refractivity contribution in [2.45, 2.75) is 57.3 Å². The summed E-state index contributed by atoms with van der Waals surface area (Å²) in [5.74, 6) is 0.563. The number of benzene rings is 1. The van der Waals surface area contributed by atoms with Gasteiger partial charge >= 0.3 is 0 Å². The first-order chi connectivity index (χ1) is 13.3. The first-order valence-electron chi connectivity index (χ1n) is 10.1. The minimum atomic E-state index is -0.920. The van der Waals surface area contributed by atoms with Crippen LogP contribution in [0.25, 0.3) is 0 Å². The predicted octanol–water partition coefficient (Wildman–Crippen LogP) is 2.26. The smallest absolute Gasteiger partial charge is 0.248 e. The molecule has 1 aromatic carbocycles. The molecule has 0 radical (unpaired) electrons. The van der Waals surface area contributed by atoms with Crippen molar-refractivity contribution in [1.29, 1.82) is 0 Å². The molecule has 7 heteroatoms. The number of halogens is 1. The normalized spacial score (nSPS) is 27.2. The van der Waals surface area contributed by atoms with Crippen LogP contribution in [0.15, 0.2) is 24.3 Å². The van der Waals surface area contributed by atoms with E-state index in [1.54, 1.807) is 29.2 Å². The second-order valence-corrected chi connectivity index (χ2v) is 8.10. The van der Waals surface area contributed by atoms with E-state index in [9.17, 15) is 14.0 Å². The number of primary amides is 1. The summed E-state index contributed by atoms with van der Waals surface area (Å²) in [4.78, 5) is 25.2. The Hall–Kier alpha value is -2.15. The van der Waals surface area contributed by atoms with Crippen molar-refractivity contribution in [3.8, 4) is 5.75 Å². The van der Waals surface area contributed by atoms with E-state index in [-0.39, 0.29) is 24.5 Å². The summed E-state index contributed by atoms with van der Waals surface area (Å²) >= 11 is 0. The second kappa shape index (κ2) is 8.90. The van der Waals surface area contributed by atoms with Crippen LogP contribution < -0.4 is 16.2 Å². The quantitative estimate of drug-likeness (QED) is 0.777. The van der Waals surface area contributed by atoms with Gasteiger partial charge in [-0.05, 0) is 68.2 Å². The number of ether oxygens (including phenoxy) is 1. The maximum atomic E-state index is 13.4. The first-order valence-corrected chi connectivity index (χ1v) is 10.1. The number of nitrogens with two attached hydrogens (primary N) is 2. The fourth-order valence-corrected chi connectivity index (χ4v) is 4.27. The molecule has 0 unspecified atom stereocenters. The van der Waals surface area contributed by atoms with Crippen molar-refractivity contribution in [2.75, 3.05) is 13.1 Å². The molecule has 1 aromatic rings. The van der Waals surface area contributed by atoms with Crippen molar-refractivity contribution in [2.24, 2.45) is 23.3 Å². The highest BCUT2D eigenvalue weighted by Gasteiger charge is 2.36. The van der Waals surface area contributed by atoms with Gasteiger partial charge in [-0.3, -0.25) is 9.59 Å². The number of likely N-dealkylation sites (tertiary alicyclic amines) is 1. The number of rotatable bonds is 6. The molecule has 6 nitrogen and oxygen atoms in total. The van der Waals surface area contributed by atoms with Crippen molar-refractivity contribution < 1.29 is 18.7 Å². The van der Waals surface area contributed by atoms with Gasteiger partial charge in [0.15, 0.2) is 0 Å². The molecule has 2 amide bonds. The van der Waals surface area contributed by atoms with Crippen molar-refractivity contribution in [3.63, 3.8) is 0 Å². The fourth-order valence-electron chi connectivity index (χ4n) is 4.27. The molecule has 1 saturated heterocycles. The molecule has 28 heavy (non-hydrogen) atoms. The molecule has 1 saturated carbocycles. The largest absolute Gasteiger partial charge is 0.490 e. The van der Waals surface area contributed by atoms with Gasteiger partial charge in [-0.25, -0.2) is 4.39 Å². The number of alkyl halides is 1. The van der Waals surface area contributed by atoms with Gasteiger partial charge in [0.1, 0.15) is 11.9 Å². The lowest BCUT2D eigenvalue weighted by Crippen LogP contribution is -2.48. The lowest BCUT2D eigenvalue weighted by Gasteiger charge is -2.35. The summed E-state index contributed by atoms with van der Waals surface area (Å²) in [7, 11) is 0. The summed E-state index contributed by atoms with van der Waals surface area (Å²) in [6.07, 6.45) is 3.27. The lowest BCUT2D eigenvalue weighted by atomic mass is 9.76. The Balaban J connectivity index is 1.47. The molecular formula is C21H30FN3O3. The van der Waals surface area contributed by atoms with Crippen LogP contribution in [-0.4, -0.2) is 48.1 Å². The molecule has 2 aliphatic rings. The Labute approximate surface area is 165 Å². The summed E-state index contributed by atoms with van der Waals surface area (Å²) in [5, 5.41) is 0. The molecule has 1 heterocycles. The average Bonchev–Trinajstić information content (AvgIpc) is 3.13. The van der Waals surface area contributed by atoms with E-state index in [1.165, 1.54) is 0 Å². The van der Waals surface area contributed by atoms with E-state index in [0.29, 0.717) is 24.4 Å². The number of carbonyl (C=O) groups is 2. The Morgan fingerprint density at radius 1 is 1.14 bits per heavy atom. The molecule has 3 rings (SSSR count). The zero-order valence-corrected chi connectivity index (χ0v) is 16.4. The van der Waals surface area contributed by atoms with E-state index in [0.717, 1.165) is 31.4 Å². The summed E-state index contributed by atoms with van der Waals surface area (Å²) < 4.78 is 19.4. The molecule has 0 spiro atoms. The molecule has 0 bridgehead atoms. The van der Waals surface area contributed by atoms with E-state index in [2.05, 4.69) is 0 Å². The van der Waals surface area contributed by atoms with Gasteiger partial charge in [0.2, 0.25) is 11.8 Å². The highest BCUT2D eigenvalue weighted by atomic mass is 19.1. The van der Waals surface area contributed by atoms with Crippen LogP contribution in [0, 0.1) is 11.8 Å². The van der Waals surface area contributed by atoms with Crippen molar-refractivity contribution in [1.82, 2.24) is 4.90 Å². The monoisotopic (exact) mass is 391 g/mol. The molecular weight excluding hydrogens is 361 g/mol. The van der Waals surface area contributed by atoms with Crippen LogP contribution in [0.1, 0.15) is 49.4 Å². The van der Waals surface area contributed by atoms with Crippen molar-refractivity contribution >= 4 is 11.8 Å². The molecule has 154 valence electrons. The first kappa shape index (κ1) is 20.6. The number of nitrogens with zero attached hydrogens (tertiary/aromatic N) is 1. The van der Waals surface area contributed by atoms with Crippen LogP contribution >= 0.6 is 0 Å². The standard InChI is InChI=1S/C21H30FN3O3/c1-13(19(23)21(27)25-11-10-16(22)12-25)14-2-6-17(7-3-14)28-18-8-4-15(5-9-18)20(24)26/h4-5,8-9,13-14,16-17,19H,2-3,6-7,10-12,23H2,1H3,(H2,24,26)/t13-,14?,16-,17?,19-/m0/s1. The summed E-state index contributed by atoms with van der Waals surface area (Å²) in [5.41, 5.74) is 11.9. The maximum Gasteiger partial charge on any atom is 0.248 e. The highest BCUT2D eigenvalue weighted by Crippen LogP contribution is 2.34. The van der Waals surface area contributed by atoms with Crippen LogP contribution in [0.4, 0.5) is 4.39 Å². The Kier molecular flexibility index (Phi) is 6.54. The van der Waals surface area contributed by atoms with Crippen LogP contribution in [0.5, 0.6) is 5.75 Å². The molecule has 3 atom stereocenters. The molecule has 1 aliphatic carbocycles. The van der Waals surface area contributed by atoms with Crippen LogP contribution in [0.2, 0.25) is 0 Å². The summed E-state index contributed by atoms with van der Waals surface area (Å²) in [6.45, 7) is 2.67. The Morgan fingerprint density at radius 3 is 2.32 bits per heavy atom. The number of hydrogen-bond donors (Lipinski definition) is 2. The SMILES string of the molecule is C[C@@H](C1CCC(Oc2ccc(C(N)=O)cc2)CC1)[C@H](N)C(=O)N1CC[C@H](F)C1. The third-order valence-electron chi connectivity index (χ3n) is 6.20. The molecule has 2 fully saturated rings. The topological polar surface area (TPSA) is 98.6 Å². The average molecular weight is 391 g/mol. The fraction of sp³-hybridized carbons (Fsp3) is 0.619. The third-order valence-corrected chi connectivity index (χ3v) is 6.20. The van der Waals surface area contributed by atoms with Gasteiger partial charge in [-0.1, -0.05) is 6.92 Å². The van der Waals surface area contributed by atoms with Crippen LogP contribution in [0.3, 0.4) is 0 Å². The third kappa shape index (κ3) is 4.82. The van der Waals surface area contributed by atoms with E-state index in [4.69, 9.17) is 16.2 Å². The van der Waals surface area contributed by atoms with Crippen LogP contribution in [-0.2, 0) is 4.79 Å². The van der Waals surface area contributed by atoms with E-state index in [1.807, 2.05) is 6.92 Å². The molecule has 0 aromatic heterocycles. The zero-order valence-electron chi connectivity index (χ0n) is 16.4. The summed E-state index contributed by atoms with van der Waals surface area (Å²) in [6, 6.07) is 6.27. The molecule has 4 N–H and O–H groups in total. The Morgan fingerprint density at radius 2 is 1.79 bits per heavy atom. The van der Waals surface area contributed by atoms with Crippen molar-refractivity contribution in [3.05, 3.63) is 29.8 Å². The van der Waals surface area contributed by atoms with Gasteiger partial charge in [-0.2, -0.15) is 0 Å². The zero-order chi connectivity index (χ0) is 20.3. The number of amides is 2. The van der Waals surface area contributed by atoms with Gasteiger partial charge in [-0.15, -0.1) is 0 Å². The Bertz CT molecular complexity index is 689. The molecule has 1 aliphatic heterocycles. The predicted molar refractivity (Wildman–Crippen MR) is 105 cm³/mol. The second-order valence-electron chi connectivity index (χ2n) is 8.10. The number of hydrogen-bond acceptors (Lipinski definition) is 4. The minimum Gasteiger partial charge on any atom is -0.490 e. The van der Waals surface area contributed by atoms with E-state index < -0.39 is 18.1 Å². The highest BCUT2D eigenvalue weighted by molar-refractivity contribution is 5.92. The number of carbonyl (C=O) groups excluding carboxylic acids is 2. The van der Waals surface area contributed by atoms with E-state index >= 15 is 0 Å². The van der Waals surface area contributed by atoms with Gasteiger partial charge in [0, 0.05) is 12.1 Å². The lowest BCUT2D eigenvalue weighted by molar-refractivity contribution is -0.133.